The fourth-order valence-corrected chi connectivity index (χ4v) is 6.52. The Morgan fingerprint density at radius 1 is 0.848 bits per heavy atom. The van der Waals surface area contributed by atoms with Gasteiger partial charge in [-0.15, -0.1) is 0 Å². The van der Waals surface area contributed by atoms with E-state index in [1.807, 2.05) is 20.8 Å². The van der Waals surface area contributed by atoms with E-state index in [1.54, 1.807) is 8.87 Å². The van der Waals surface area contributed by atoms with E-state index in [-0.39, 0.29) is 39.3 Å². The van der Waals surface area contributed by atoms with E-state index in [1.165, 1.54) is 57.8 Å². The van der Waals surface area contributed by atoms with Gasteiger partial charge in [0.2, 0.25) is 0 Å². The summed E-state index contributed by atoms with van der Waals surface area (Å²) in [6, 6.07) is 0. The van der Waals surface area contributed by atoms with Crippen LogP contribution in [0.5, 0.6) is 0 Å². The van der Waals surface area contributed by atoms with Gasteiger partial charge in [0, 0.05) is 12.0 Å². The number of carboxylic acid groups (broad SMARTS) is 2. The van der Waals surface area contributed by atoms with Crippen molar-refractivity contribution in [3.8, 4) is 0 Å². The summed E-state index contributed by atoms with van der Waals surface area (Å²) in [4.78, 5) is 18.8. The number of aliphatic hydroxyl groups is 1. The third-order valence-corrected chi connectivity index (χ3v) is 9.18. The van der Waals surface area contributed by atoms with Crippen LogP contribution in [0.2, 0.25) is 8.87 Å². The molecule has 0 aromatic heterocycles. The van der Waals surface area contributed by atoms with E-state index in [0.29, 0.717) is 12.2 Å². The molecule has 0 fully saturated rings. The molecule has 0 saturated heterocycles. The predicted octanol–water partition coefficient (Wildman–Crippen LogP) is 3.94. The molecule has 33 heavy (non-hydrogen) atoms. The fourth-order valence-electron chi connectivity index (χ4n) is 2.36. The first-order chi connectivity index (χ1) is 15.6. The molecule has 0 aromatic carbocycles. The zero-order valence-electron chi connectivity index (χ0n) is 22.1. The molecule has 1 unspecified atom stereocenters. The molecule has 1 N–H and O–H groups in total. The van der Waals surface area contributed by atoms with E-state index in [4.69, 9.17) is 4.74 Å². The summed E-state index contributed by atoms with van der Waals surface area (Å²) in [5.41, 5.74) is -0.123. The summed E-state index contributed by atoms with van der Waals surface area (Å²) in [7, 11) is 0. The van der Waals surface area contributed by atoms with Crippen LogP contribution in [0.15, 0.2) is 12.2 Å². The zero-order chi connectivity index (χ0) is 26.0. The topological polar surface area (TPSA) is 110 Å². The monoisotopic (exact) mass is 578 g/mol. The fraction of sp³-hybridized carbons (Fsp3) is 0.846. The van der Waals surface area contributed by atoms with Crippen LogP contribution in [-0.4, -0.2) is 57.5 Å². The summed E-state index contributed by atoms with van der Waals surface area (Å²) in [6.45, 7) is 14.0. The molecule has 7 heteroatoms. The maximum atomic E-state index is 9.41. The normalized spacial score (nSPS) is 11.6. The number of ether oxygens (including phenoxy) is 1. The van der Waals surface area contributed by atoms with Crippen LogP contribution in [-0.2, 0) is 14.3 Å². The molecular weight excluding hydrogens is 527 g/mol. The van der Waals surface area contributed by atoms with Gasteiger partial charge in [0.25, 0.3) is 0 Å². The molecule has 0 bridgehead atoms. The molecule has 6 nitrogen and oxygen atoms in total. The first-order valence-electron chi connectivity index (χ1n) is 12.6. The molecular formula is C26H50O6Sn. The zero-order valence-corrected chi connectivity index (χ0v) is 25.0. The standard InChI is InChI=1S/C14H30O2.C4H4O4.2C4H9.Sn/c1-5-6-7-8-9-10-11-16-13(2)14(3,4)12-15;5-3(6)1-2-4(7)8;2*1-3-4-2;/h13,15H,5-12H2,1-4H3;1-2H,(H,5,6)(H,7,8);2*1,3-4H2,2H3;/q;;;;+2/p-2. The van der Waals surface area contributed by atoms with E-state index in [2.05, 4.69) is 20.8 Å². The van der Waals surface area contributed by atoms with Crippen LogP contribution in [0, 0.1) is 5.41 Å². The molecule has 0 radical (unpaired) electrons. The molecule has 0 spiro atoms. The Morgan fingerprint density at radius 2 is 1.27 bits per heavy atom. The third-order valence-electron chi connectivity index (χ3n) is 5.14. The molecule has 0 saturated carbocycles. The van der Waals surface area contributed by atoms with Gasteiger partial charge in [-0.05, 0) is 25.5 Å². The van der Waals surface area contributed by atoms with Gasteiger partial charge in [0.05, 0.1) is 24.6 Å². The third kappa shape index (κ3) is 33.6. The van der Waals surface area contributed by atoms with Crippen molar-refractivity contribution in [2.75, 3.05) is 13.2 Å². The average Bonchev–Trinajstić information content (AvgIpc) is 2.77. The van der Waals surface area contributed by atoms with Gasteiger partial charge in [-0.25, -0.2) is 0 Å². The Balaban J connectivity index is -0.000000449. The van der Waals surface area contributed by atoms with Crippen molar-refractivity contribution in [3.05, 3.63) is 12.2 Å². The Kier molecular flexibility index (Phi) is 31.0. The van der Waals surface area contributed by atoms with Gasteiger partial charge >= 0.3 is 69.5 Å². The van der Waals surface area contributed by atoms with Gasteiger partial charge in [-0.3, -0.25) is 0 Å². The molecule has 1 atom stereocenters. The molecule has 0 rings (SSSR count). The van der Waals surface area contributed by atoms with E-state index in [9.17, 15) is 24.9 Å². The Hall–Kier alpha value is -0.601. The van der Waals surface area contributed by atoms with Crippen molar-refractivity contribution >= 4 is 33.1 Å². The number of rotatable bonds is 18. The smallest absolute Gasteiger partial charge is 0.0643 e. The molecule has 0 aliphatic rings. The van der Waals surface area contributed by atoms with Crippen LogP contribution in [0.1, 0.15) is 106 Å². The maximum Gasteiger partial charge on any atom is 0.0643 e. The average molecular weight is 577 g/mol. The predicted molar refractivity (Wildman–Crippen MR) is 134 cm³/mol. The summed E-state index contributed by atoms with van der Waals surface area (Å²) in [5, 5.41) is 28.0. The van der Waals surface area contributed by atoms with Crippen molar-refractivity contribution in [2.45, 2.75) is 121 Å². The van der Waals surface area contributed by atoms with Gasteiger partial charge in [-0.2, -0.15) is 0 Å². The largest absolute Gasteiger partial charge is 0.545 e. The van der Waals surface area contributed by atoms with Crippen LogP contribution in [0.25, 0.3) is 0 Å². The Labute approximate surface area is 213 Å². The summed E-state index contributed by atoms with van der Waals surface area (Å²) < 4.78 is 8.99. The number of carbonyl (C=O) groups excluding carboxylic acids is 2. The van der Waals surface area contributed by atoms with Crippen molar-refractivity contribution in [1.82, 2.24) is 0 Å². The number of hydrogen-bond acceptors (Lipinski definition) is 6. The molecule has 0 heterocycles. The van der Waals surface area contributed by atoms with Crippen LogP contribution in [0.3, 0.4) is 0 Å². The van der Waals surface area contributed by atoms with Crippen LogP contribution >= 0.6 is 0 Å². The first-order valence-corrected chi connectivity index (χ1v) is 16.7. The minimum absolute atomic E-state index is 0.123. The molecule has 0 amide bonds. The number of carbonyl (C=O) groups is 2. The number of aliphatic hydroxyl groups excluding tert-OH is 1. The SMILES string of the molecule is CCCCCCCCOC(C)C(C)(C)CO.CCC[CH2][Sn+2][CH2]CCC.O=C([O-])C=CC(=O)[O-]. The molecule has 194 valence electrons. The van der Waals surface area contributed by atoms with Gasteiger partial charge in [0.15, 0.2) is 0 Å². The second-order valence-electron chi connectivity index (χ2n) is 8.86. The molecule has 0 aliphatic carbocycles. The van der Waals surface area contributed by atoms with Crippen molar-refractivity contribution < 1.29 is 29.6 Å². The van der Waals surface area contributed by atoms with Crippen LogP contribution < -0.4 is 10.2 Å². The van der Waals surface area contributed by atoms with Gasteiger partial charge < -0.3 is 29.6 Å². The van der Waals surface area contributed by atoms with Crippen molar-refractivity contribution in [1.29, 1.82) is 0 Å². The second kappa shape index (κ2) is 27.6. The van der Waals surface area contributed by atoms with E-state index in [0.717, 1.165) is 13.0 Å². The number of carboxylic acids is 2. The minimum Gasteiger partial charge on any atom is -0.545 e. The number of aliphatic carboxylic acids is 2. The van der Waals surface area contributed by atoms with Gasteiger partial charge in [-0.1, -0.05) is 52.9 Å². The summed E-state index contributed by atoms with van der Waals surface area (Å²) >= 11 is 0.149. The van der Waals surface area contributed by atoms with Crippen molar-refractivity contribution in [2.24, 2.45) is 5.41 Å². The Morgan fingerprint density at radius 3 is 1.67 bits per heavy atom. The number of unbranched alkanes of at least 4 members (excludes halogenated alkanes) is 7. The molecule has 0 aliphatic heterocycles. The maximum absolute atomic E-state index is 9.41. The van der Waals surface area contributed by atoms with E-state index >= 15 is 0 Å². The summed E-state index contributed by atoms with van der Waals surface area (Å²) in [5.74, 6) is -3.09. The van der Waals surface area contributed by atoms with E-state index < -0.39 is 11.9 Å². The van der Waals surface area contributed by atoms with Crippen LogP contribution in [0.4, 0.5) is 0 Å². The second-order valence-corrected chi connectivity index (χ2v) is 13.1. The number of hydrogen-bond donors (Lipinski definition) is 1. The first kappa shape index (κ1) is 37.0. The molecule has 0 aromatic rings. The summed E-state index contributed by atoms with van der Waals surface area (Å²) in [6.07, 6.45) is 14.5. The minimum atomic E-state index is -1.55. The Bertz CT molecular complexity index is 444. The van der Waals surface area contributed by atoms with Gasteiger partial charge in [0.1, 0.15) is 0 Å². The van der Waals surface area contributed by atoms with Crippen molar-refractivity contribution in [3.63, 3.8) is 0 Å². The quantitative estimate of drug-likeness (QED) is 0.150.